The van der Waals surface area contributed by atoms with Crippen LogP contribution in [0.15, 0.2) is 57.8 Å². The number of rotatable bonds is 9. The van der Waals surface area contributed by atoms with Crippen molar-refractivity contribution in [3.63, 3.8) is 0 Å². The van der Waals surface area contributed by atoms with Crippen LogP contribution in [-0.2, 0) is 22.8 Å². The van der Waals surface area contributed by atoms with Crippen molar-refractivity contribution < 1.29 is 14.4 Å². The molecule has 0 aliphatic carbocycles. The Hall–Kier alpha value is -3.76. The number of hydrogen-bond acceptors (Lipinski definition) is 8. The molecular weight excluding hydrogens is 434 g/mol. The largest absolute Gasteiger partial charge is 0.475 e. The predicted octanol–water partition coefficient (Wildman–Crippen LogP) is 3.81. The van der Waals surface area contributed by atoms with E-state index in [1.165, 1.54) is 18.8 Å². The molecule has 0 saturated heterocycles. The zero-order valence-corrected chi connectivity index (χ0v) is 20.4. The molecule has 0 radical (unpaired) electrons. The smallest absolute Gasteiger partial charge is 0.352 e. The maximum Gasteiger partial charge on any atom is 0.352 e. The molecule has 0 saturated carbocycles. The number of carbonyl (C=O) groups excluding carboxylic acids is 1. The normalized spacial score (nSPS) is 12.1. The van der Waals surface area contributed by atoms with Gasteiger partial charge in [0.2, 0.25) is 5.90 Å². The minimum Gasteiger partial charge on any atom is -0.475 e. The van der Waals surface area contributed by atoms with Gasteiger partial charge in [0.1, 0.15) is 13.2 Å². The Labute approximate surface area is 200 Å². The lowest BCUT2D eigenvalue weighted by molar-refractivity contribution is 0.131. The van der Waals surface area contributed by atoms with Gasteiger partial charge in [-0.25, -0.2) is 21.5 Å². The number of urea groups is 1. The maximum atomic E-state index is 12.2. The fraction of sp³-hybridized carbons (Fsp3) is 0.333. The zero-order chi connectivity index (χ0) is 25.1. The third kappa shape index (κ3) is 7.98. The lowest BCUT2D eigenvalue weighted by Gasteiger charge is -2.24. The molecule has 2 amide bonds. The minimum atomic E-state index is -0.555. The van der Waals surface area contributed by atoms with Crippen LogP contribution in [-0.4, -0.2) is 35.9 Å². The Morgan fingerprint density at radius 2 is 1.79 bits per heavy atom. The van der Waals surface area contributed by atoms with E-state index >= 15 is 0 Å². The zero-order valence-electron chi connectivity index (χ0n) is 20.4. The van der Waals surface area contributed by atoms with Gasteiger partial charge in [0, 0.05) is 19.0 Å². The summed E-state index contributed by atoms with van der Waals surface area (Å²) in [5, 5.41) is 14.1. The van der Waals surface area contributed by atoms with Crippen molar-refractivity contribution in [1.29, 1.82) is 0 Å². The van der Waals surface area contributed by atoms with Crippen molar-refractivity contribution in [2.24, 2.45) is 27.0 Å². The number of hydrazine groups is 2. The first kappa shape index (κ1) is 26.5. The molecular formula is C24H33N7O3. The SMILES string of the molecule is CC/C(=N/N=C\C(C)=NOCc1ccc(C)cc1)OCc1c(C)cccc1N(N)C(=O)N(C)N. The molecule has 0 aliphatic rings. The number of amides is 2. The number of oxime groups is 1. The Kier molecular flexibility index (Phi) is 10.2. The topological polar surface area (TPSA) is 131 Å². The molecule has 4 N–H and O–H groups in total. The van der Waals surface area contributed by atoms with Crippen molar-refractivity contribution in [3.8, 4) is 0 Å². The summed E-state index contributed by atoms with van der Waals surface area (Å²) in [4.78, 5) is 17.5. The number of benzene rings is 2. The van der Waals surface area contributed by atoms with Crippen LogP contribution < -0.4 is 16.7 Å². The highest BCUT2D eigenvalue weighted by atomic mass is 16.6. The van der Waals surface area contributed by atoms with Gasteiger partial charge in [0.15, 0.2) is 0 Å². The van der Waals surface area contributed by atoms with Gasteiger partial charge in [-0.3, -0.25) is 5.01 Å². The average molecular weight is 468 g/mol. The highest BCUT2D eigenvalue weighted by Crippen LogP contribution is 2.23. The molecule has 0 aromatic heterocycles. The van der Waals surface area contributed by atoms with E-state index in [1.807, 2.05) is 51.1 Å². The van der Waals surface area contributed by atoms with Crippen molar-refractivity contribution in [2.75, 3.05) is 12.1 Å². The third-order valence-corrected chi connectivity index (χ3v) is 4.81. The fourth-order valence-electron chi connectivity index (χ4n) is 2.82. The van der Waals surface area contributed by atoms with Gasteiger partial charge in [-0.05, 0) is 38.0 Å². The summed E-state index contributed by atoms with van der Waals surface area (Å²) in [5.41, 5.74) is 4.94. The van der Waals surface area contributed by atoms with E-state index in [0.29, 0.717) is 30.3 Å². The molecule has 2 aromatic rings. The minimum absolute atomic E-state index is 0.159. The lowest BCUT2D eigenvalue weighted by atomic mass is 10.1. The van der Waals surface area contributed by atoms with Crippen molar-refractivity contribution in [1.82, 2.24) is 5.01 Å². The summed E-state index contributed by atoms with van der Waals surface area (Å²) < 4.78 is 5.85. The van der Waals surface area contributed by atoms with Gasteiger partial charge in [-0.15, -0.1) is 5.10 Å². The second-order valence-corrected chi connectivity index (χ2v) is 7.71. The molecule has 2 rings (SSSR count). The number of ether oxygens (including phenoxy) is 1. The number of nitrogens with two attached hydrogens (primary N) is 2. The van der Waals surface area contributed by atoms with Gasteiger partial charge >= 0.3 is 6.03 Å². The first-order valence-corrected chi connectivity index (χ1v) is 10.8. The second kappa shape index (κ2) is 13.1. The van der Waals surface area contributed by atoms with Crippen molar-refractivity contribution >= 4 is 29.5 Å². The lowest BCUT2D eigenvalue weighted by Crippen LogP contribution is -2.49. The summed E-state index contributed by atoms with van der Waals surface area (Å²) in [6.45, 7) is 8.14. The quantitative estimate of drug-likeness (QED) is 0.190. The number of carbonyl (C=O) groups is 1. The summed E-state index contributed by atoms with van der Waals surface area (Å²) >= 11 is 0. The number of anilines is 1. The molecule has 34 heavy (non-hydrogen) atoms. The van der Waals surface area contributed by atoms with Gasteiger partial charge in [0.25, 0.3) is 0 Å². The molecule has 0 fully saturated rings. The van der Waals surface area contributed by atoms with E-state index in [9.17, 15) is 4.79 Å². The predicted molar refractivity (Wildman–Crippen MR) is 135 cm³/mol. The van der Waals surface area contributed by atoms with E-state index in [0.717, 1.165) is 26.7 Å². The second-order valence-electron chi connectivity index (χ2n) is 7.71. The van der Waals surface area contributed by atoms with E-state index in [4.69, 9.17) is 21.3 Å². The van der Waals surface area contributed by atoms with E-state index in [2.05, 4.69) is 15.4 Å². The van der Waals surface area contributed by atoms with Crippen molar-refractivity contribution in [2.45, 2.75) is 47.3 Å². The van der Waals surface area contributed by atoms with Gasteiger partial charge in [0.05, 0.1) is 17.6 Å². The van der Waals surface area contributed by atoms with Crippen LogP contribution in [0, 0.1) is 13.8 Å². The molecule has 0 unspecified atom stereocenters. The van der Waals surface area contributed by atoms with Crippen LogP contribution in [0.4, 0.5) is 10.5 Å². The summed E-state index contributed by atoms with van der Waals surface area (Å²) in [7, 11) is 1.42. The molecule has 2 aromatic carbocycles. The van der Waals surface area contributed by atoms with Gasteiger partial charge in [-0.1, -0.05) is 54.0 Å². The molecule has 182 valence electrons. The number of aryl methyl sites for hydroxylation is 2. The monoisotopic (exact) mass is 467 g/mol. The van der Waals surface area contributed by atoms with Crippen LogP contribution >= 0.6 is 0 Å². The van der Waals surface area contributed by atoms with E-state index in [-0.39, 0.29) is 6.61 Å². The number of nitrogens with zero attached hydrogens (tertiary/aromatic N) is 5. The Morgan fingerprint density at radius 1 is 1.09 bits per heavy atom. The van der Waals surface area contributed by atoms with E-state index in [1.54, 1.807) is 19.1 Å². The molecule has 0 bridgehead atoms. The Morgan fingerprint density at radius 3 is 2.44 bits per heavy atom. The summed E-state index contributed by atoms with van der Waals surface area (Å²) in [5.74, 6) is 11.9. The molecule has 0 spiro atoms. The molecule has 0 aliphatic heterocycles. The van der Waals surface area contributed by atoms with E-state index < -0.39 is 6.03 Å². The molecule has 0 atom stereocenters. The summed E-state index contributed by atoms with van der Waals surface area (Å²) in [6.07, 6.45) is 2.01. The van der Waals surface area contributed by atoms with Crippen LogP contribution in [0.3, 0.4) is 0 Å². The van der Waals surface area contributed by atoms with Gasteiger partial charge in [-0.2, -0.15) is 5.10 Å². The average Bonchev–Trinajstić information content (AvgIpc) is 2.82. The molecule has 10 nitrogen and oxygen atoms in total. The highest BCUT2D eigenvalue weighted by molar-refractivity contribution is 6.29. The third-order valence-electron chi connectivity index (χ3n) is 4.81. The van der Waals surface area contributed by atoms with Crippen molar-refractivity contribution in [3.05, 3.63) is 64.7 Å². The fourth-order valence-corrected chi connectivity index (χ4v) is 2.82. The standard InChI is InChI=1S/C24H33N7O3/c1-6-23(28-27-14-19(4)29-34-15-20-12-10-17(2)11-13-20)33-16-21-18(3)8-7-9-22(21)31(26)24(32)30(5)25/h7-14H,6,15-16,25-26H2,1-5H3/b27-14-,28-23-,29-19?. The molecule has 0 heterocycles. The highest BCUT2D eigenvalue weighted by Gasteiger charge is 2.19. The van der Waals surface area contributed by atoms with Crippen LogP contribution in [0.5, 0.6) is 0 Å². The van der Waals surface area contributed by atoms with Gasteiger partial charge < -0.3 is 9.57 Å². The first-order chi connectivity index (χ1) is 16.2. The molecule has 10 heteroatoms. The first-order valence-electron chi connectivity index (χ1n) is 10.8. The number of hydrogen-bond donors (Lipinski definition) is 2. The Balaban J connectivity index is 1.99. The maximum absolute atomic E-state index is 12.2. The summed E-state index contributed by atoms with van der Waals surface area (Å²) in [6, 6.07) is 12.9. The van der Waals surface area contributed by atoms with Crippen LogP contribution in [0.2, 0.25) is 0 Å². The Bertz CT molecular complexity index is 1050. The van der Waals surface area contributed by atoms with Crippen LogP contribution in [0.25, 0.3) is 0 Å². The van der Waals surface area contributed by atoms with Crippen LogP contribution in [0.1, 0.15) is 42.5 Å².